The van der Waals surface area contributed by atoms with E-state index in [1.807, 2.05) is 0 Å². The van der Waals surface area contributed by atoms with Gasteiger partial charge in [0.15, 0.2) is 11.5 Å². The standard InChI is InChI=1S/C30H34F2N2O4/c1-3-4-5-6-7-12-19-38-26-18-17-21(20-27(26)37-2)28(33-29(35)22-13-8-10-15-24(22)31)34-30(36)23-14-9-11-16-25(23)32/h8-11,13-18,20,28H,3-7,12,19H2,1-2H3,(H,33,35)(H,34,36). The highest BCUT2D eigenvalue weighted by Gasteiger charge is 2.23. The third-order valence-corrected chi connectivity index (χ3v) is 6.06. The van der Waals surface area contributed by atoms with Crippen molar-refractivity contribution in [3.8, 4) is 11.5 Å². The Hall–Kier alpha value is -3.94. The van der Waals surface area contributed by atoms with E-state index in [0.717, 1.165) is 12.8 Å². The molecule has 0 spiro atoms. The highest BCUT2D eigenvalue weighted by molar-refractivity contribution is 5.97. The second-order valence-corrected chi connectivity index (χ2v) is 8.87. The van der Waals surface area contributed by atoms with Crippen LogP contribution in [-0.2, 0) is 0 Å². The molecule has 8 heteroatoms. The number of hydrogen-bond acceptors (Lipinski definition) is 4. The van der Waals surface area contributed by atoms with E-state index in [1.54, 1.807) is 18.2 Å². The third kappa shape index (κ3) is 8.03. The molecule has 3 aromatic carbocycles. The van der Waals surface area contributed by atoms with E-state index >= 15 is 0 Å². The number of carbonyl (C=O) groups is 2. The molecule has 0 unspecified atom stereocenters. The van der Waals surface area contributed by atoms with Crippen molar-refractivity contribution < 1.29 is 27.8 Å². The van der Waals surface area contributed by atoms with Crippen molar-refractivity contribution in [1.29, 1.82) is 0 Å². The number of ether oxygens (including phenoxy) is 2. The van der Waals surface area contributed by atoms with Crippen LogP contribution >= 0.6 is 0 Å². The summed E-state index contributed by atoms with van der Waals surface area (Å²) in [5.41, 5.74) is 0.0511. The van der Waals surface area contributed by atoms with Gasteiger partial charge in [-0.1, -0.05) is 69.4 Å². The van der Waals surface area contributed by atoms with Gasteiger partial charge in [-0.3, -0.25) is 9.59 Å². The highest BCUT2D eigenvalue weighted by Crippen LogP contribution is 2.30. The zero-order chi connectivity index (χ0) is 27.3. The van der Waals surface area contributed by atoms with Crippen molar-refractivity contribution in [2.45, 2.75) is 51.6 Å². The molecule has 0 atom stereocenters. The van der Waals surface area contributed by atoms with Gasteiger partial charge in [0.2, 0.25) is 0 Å². The van der Waals surface area contributed by atoms with Gasteiger partial charge in [0.25, 0.3) is 11.8 Å². The number of carbonyl (C=O) groups excluding carboxylic acids is 2. The monoisotopic (exact) mass is 524 g/mol. The lowest BCUT2D eigenvalue weighted by Crippen LogP contribution is -2.41. The van der Waals surface area contributed by atoms with Crippen LogP contribution in [0.2, 0.25) is 0 Å². The summed E-state index contributed by atoms with van der Waals surface area (Å²) >= 11 is 0. The molecule has 0 saturated carbocycles. The maximum Gasteiger partial charge on any atom is 0.256 e. The van der Waals surface area contributed by atoms with Crippen LogP contribution < -0.4 is 20.1 Å². The second kappa shape index (κ2) is 14.7. The van der Waals surface area contributed by atoms with Gasteiger partial charge in [-0.25, -0.2) is 8.78 Å². The van der Waals surface area contributed by atoms with Gasteiger partial charge >= 0.3 is 0 Å². The molecular weight excluding hydrogens is 490 g/mol. The number of amides is 2. The first-order chi connectivity index (χ1) is 18.4. The van der Waals surface area contributed by atoms with Crippen molar-refractivity contribution >= 4 is 11.8 Å². The van der Waals surface area contributed by atoms with E-state index in [-0.39, 0.29) is 11.1 Å². The number of methoxy groups -OCH3 is 1. The Bertz CT molecular complexity index is 1160. The van der Waals surface area contributed by atoms with Crippen molar-refractivity contribution in [1.82, 2.24) is 10.6 Å². The molecule has 3 rings (SSSR count). The zero-order valence-corrected chi connectivity index (χ0v) is 21.8. The Morgan fingerprint density at radius 2 is 1.32 bits per heavy atom. The highest BCUT2D eigenvalue weighted by atomic mass is 19.1. The Kier molecular flexibility index (Phi) is 11.1. The summed E-state index contributed by atoms with van der Waals surface area (Å²) in [5.74, 6) is -1.99. The number of hydrogen-bond donors (Lipinski definition) is 2. The average Bonchev–Trinajstić information content (AvgIpc) is 2.92. The Labute approximate surface area is 222 Å². The van der Waals surface area contributed by atoms with Crippen LogP contribution in [0, 0.1) is 11.6 Å². The summed E-state index contributed by atoms with van der Waals surface area (Å²) in [6.07, 6.45) is 5.68. The number of unbranched alkanes of at least 4 members (excludes halogenated alkanes) is 5. The predicted molar refractivity (Wildman–Crippen MR) is 142 cm³/mol. The largest absolute Gasteiger partial charge is 0.493 e. The van der Waals surface area contributed by atoms with E-state index in [4.69, 9.17) is 9.47 Å². The number of nitrogens with one attached hydrogen (secondary N) is 2. The fourth-order valence-corrected chi connectivity index (χ4v) is 3.96. The minimum Gasteiger partial charge on any atom is -0.493 e. The van der Waals surface area contributed by atoms with Crippen LogP contribution in [-0.4, -0.2) is 25.5 Å². The van der Waals surface area contributed by atoms with Gasteiger partial charge in [0.05, 0.1) is 24.8 Å². The van der Waals surface area contributed by atoms with Crippen LogP contribution in [0.4, 0.5) is 8.78 Å². The SMILES string of the molecule is CCCCCCCCOc1ccc(C(NC(=O)c2ccccc2F)NC(=O)c2ccccc2F)cc1OC. The van der Waals surface area contributed by atoms with Gasteiger partial charge in [0, 0.05) is 0 Å². The summed E-state index contributed by atoms with van der Waals surface area (Å²) in [6, 6.07) is 16.0. The molecular formula is C30H34F2N2O4. The third-order valence-electron chi connectivity index (χ3n) is 6.06. The molecule has 0 aromatic heterocycles. The topological polar surface area (TPSA) is 76.7 Å². The molecule has 0 fully saturated rings. The summed E-state index contributed by atoms with van der Waals surface area (Å²) in [4.78, 5) is 25.8. The molecule has 0 radical (unpaired) electrons. The fraction of sp³-hybridized carbons (Fsp3) is 0.333. The smallest absolute Gasteiger partial charge is 0.256 e. The lowest BCUT2D eigenvalue weighted by Gasteiger charge is -2.22. The first kappa shape index (κ1) is 28.6. The van der Waals surface area contributed by atoms with Crippen molar-refractivity contribution in [3.63, 3.8) is 0 Å². The first-order valence-electron chi connectivity index (χ1n) is 12.9. The molecule has 6 nitrogen and oxygen atoms in total. The predicted octanol–water partition coefficient (Wildman–Crippen LogP) is 6.57. The fourth-order valence-electron chi connectivity index (χ4n) is 3.96. The molecule has 38 heavy (non-hydrogen) atoms. The maximum absolute atomic E-state index is 14.2. The molecule has 0 aliphatic rings. The van der Waals surface area contributed by atoms with Crippen molar-refractivity contribution in [3.05, 3.63) is 95.1 Å². The van der Waals surface area contributed by atoms with E-state index < -0.39 is 29.6 Å². The normalized spacial score (nSPS) is 10.8. The first-order valence-corrected chi connectivity index (χ1v) is 12.9. The number of benzene rings is 3. The van der Waals surface area contributed by atoms with Crippen LogP contribution in [0.1, 0.15) is 77.9 Å². The molecule has 0 aliphatic heterocycles. The molecule has 0 aliphatic carbocycles. The van der Waals surface area contributed by atoms with Crippen LogP contribution in [0.3, 0.4) is 0 Å². The van der Waals surface area contributed by atoms with E-state index in [1.165, 1.54) is 81.3 Å². The molecule has 0 heterocycles. The maximum atomic E-state index is 14.2. The van der Waals surface area contributed by atoms with Gasteiger partial charge < -0.3 is 20.1 Å². The van der Waals surface area contributed by atoms with Crippen LogP contribution in [0.15, 0.2) is 66.7 Å². The molecule has 0 bridgehead atoms. The van der Waals surface area contributed by atoms with Gasteiger partial charge in [-0.15, -0.1) is 0 Å². The van der Waals surface area contributed by atoms with Crippen LogP contribution in [0.25, 0.3) is 0 Å². The number of rotatable bonds is 14. The van der Waals surface area contributed by atoms with Gasteiger partial charge in [0.1, 0.15) is 17.8 Å². The van der Waals surface area contributed by atoms with E-state index in [2.05, 4.69) is 17.6 Å². The lowest BCUT2D eigenvalue weighted by molar-refractivity contribution is 0.0879. The molecule has 3 aromatic rings. The molecule has 2 N–H and O–H groups in total. The Balaban J connectivity index is 1.79. The second-order valence-electron chi connectivity index (χ2n) is 8.87. The summed E-state index contributed by atoms with van der Waals surface area (Å²) in [5, 5.41) is 5.26. The minimum absolute atomic E-state index is 0.191. The van der Waals surface area contributed by atoms with Crippen molar-refractivity contribution in [2.75, 3.05) is 13.7 Å². The minimum atomic E-state index is -1.12. The summed E-state index contributed by atoms with van der Waals surface area (Å²) in [6.45, 7) is 2.71. The Morgan fingerprint density at radius 1 is 0.763 bits per heavy atom. The van der Waals surface area contributed by atoms with Crippen molar-refractivity contribution in [2.24, 2.45) is 0 Å². The number of halogens is 2. The van der Waals surface area contributed by atoms with Gasteiger partial charge in [-0.05, 0) is 48.4 Å². The van der Waals surface area contributed by atoms with E-state index in [9.17, 15) is 18.4 Å². The van der Waals surface area contributed by atoms with Gasteiger partial charge in [-0.2, -0.15) is 0 Å². The molecule has 2 amide bonds. The average molecular weight is 525 g/mol. The summed E-state index contributed by atoms with van der Waals surface area (Å²) in [7, 11) is 1.49. The summed E-state index contributed by atoms with van der Waals surface area (Å²) < 4.78 is 39.9. The quantitative estimate of drug-likeness (QED) is 0.185. The molecule has 202 valence electrons. The van der Waals surface area contributed by atoms with E-state index in [0.29, 0.717) is 23.7 Å². The molecule has 0 saturated heterocycles. The Morgan fingerprint density at radius 3 is 1.87 bits per heavy atom. The zero-order valence-electron chi connectivity index (χ0n) is 21.8. The lowest BCUT2D eigenvalue weighted by atomic mass is 10.1. The van der Waals surface area contributed by atoms with Crippen LogP contribution in [0.5, 0.6) is 11.5 Å².